The molecular formula is C18H21N3O. The molecule has 0 bridgehead atoms. The molecule has 0 aliphatic carbocycles. The van der Waals surface area contributed by atoms with Gasteiger partial charge in [0.2, 0.25) is 0 Å². The first kappa shape index (κ1) is 14.4. The van der Waals surface area contributed by atoms with Crippen LogP contribution in [0.4, 0.5) is 5.69 Å². The fraction of sp³-hybridized carbons (Fsp3) is 0.278. The van der Waals surface area contributed by atoms with Gasteiger partial charge < -0.3 is 10.5 Å². The maximum Gasteiger partial charge on any atom is 0.138 e. The Morgan fingerprint density at radius 1 is 1.05 bits per heavy atom. The summed E-state index contributed by atoms with van der Waals surface area (Å²) in [6.45, 7) is 6.93. The monoisotopic (exact) mass is 295 g/mol. The number of anilines is 1. The maximum atomic E-state index is 6.00. The van der Waals surface area contributed by atoms with Gasteiger partial charge >= 0.3 is 0 Å². The molecule has 0 saturated heterocycles. The number of nitrogens with zero attached hydrogens (tertiary/aromatic N) is 2. The lowest BCUT2D eigenvalue weighted by molar-refractivity contribution is 0.317. The van der Waals surface area contributed by atoms with Crippen LogP contribution < -0.4 is 10.5 Å². The van der Waals surface area contributed by atoms with E-state index in [2.05, 4.69) is 30.4 Å². The minimum absolute atomic E-state index is 0.741. The van der Waals surface area contributed by atoms with Gasteiger partial charge in [-0.15, -0.1) is 0 Å². The summed E-state index contributed by atoms with van der Waals surface area (Å²) in [5, 5.41) is 0. The minimum atomic E-state index is 0.741. The van der Waals surface area contributed by atoms with Crippen LogP contribution in [0.1, 0.15) is 24.7 Å². The maximum absolute atomic E-state index is 6.00. The first-order valence-electron chi connectivity index (χ1n) is 7.59. The molecule has 0 spiro atoms. The summed E-state index contributed by atoms with van der Waals surface area (Å²) < 4.78 is 7.73. The molecular weight excluding hydrogens is 274 g/mol. The number of benzene rings is 1. The second-order valence-electron chi connectivity index (χ2n) is 5.49. The number of hydrogen-bond acceptors (Lipinski definition) is 3. The topological polar surface area (TPSA) is 52.5 Å². The molecule has 0 aliphatic rings. The van der Waals surface area contributed by atoms with Crippen LogP contribution in [0.15, 0.2) is 36.4 Å². The van der Waals surface area contributed by atoms with E-state index in [4.69, 9.17) is 15.5 Å². The summed E-state index contributed by atoms with van der Waals surface area (Å²) in [7, 11) is 0. The van der Waals surface area contributed by atoms with Gasteiger partial charge in [0.15, 0.2) is 0 Å². The third-order valence-corrected chi connectivity index (χ3v) is 3.90. The Kier molecular flexibility index (Phi) is 3.75. The van der Waals surface area contributed by atoms with Crippen molar-refractivity contribution >= 4 is 11.3 Å². The van der Waals surface area contributed by atoms with Crippen molar-refractivity contribution in [1.29, 1.82) is 0 Å². The van der Waals surface area contributed by atoms with Crippen LogP contribution in [0.5, 0.6) is 5.75 Å². The van der Waals surface area contributed by atoms with Gasteiger partial charge in [-0.25, -0.2) is 4.98 Å². The van der Waals surface area contributed by atoms with Gasteiger partial charge in [0, 0.05) is 17.0 Å². The van der Waals surface area contributed by atoms with Gasteiger partial charge in [-0.05, 0) is 56.7 Å². The van der Waals surface area contributed by atoms with Gasteiger partial charge in [-0.1, -0.05) is 6.92 Å². The van der Waals surface area contributed by atoms with E-state index < -0.39 is 0 Å². The molecule has 2 N–H and O–H groups in total. The number of rotatable bonds is 4. The lowest BCUT2D eigenvalue weighted by Gasteiger charge is -2.06. The summed E-state index contributed by atoms with van der Waals surface area (Å²) in [4.78, 5) is 4.74. The third kappa shape index (κ3) is 2.41. The molecule has 1 aromatic carbocycles. The van der Waals surface area contributed by atoms with Gasteiger partial charge in [0.05, 0.1) is 18.0 Å². The zero-order valence-electron chi connectivity index (χ0n) is 13.3. The molecule has 4 heteroatoms. The van der Waals surface area contributed by atoms with Crippen LogP contribution in [0.25, 0.3) is 16.9 Å². The highest BCUT2D eigenvalue weighted by Gasteiger charge is 2.13. The van der Waals surface area contributed by atoms with E-state index in [1.807, 2.05) is 31.2 Å². The van der Waals surface area contributed by atoms with Crippen LogP contribution in [-0.4, -0.2) is 16.0 Å². The third-order valence-electron chi connectivity index (χ3n) is 3.90. The standard InChI is InChI=1S/C18H21N3O/c1-4-11-22-15-7-5-14(6-8-15)18-13(3)21-12(2)16(19)9-10-17(21)20-18/h5-10H,4,11,19H2,1-3H3. The zero-order chi connectivity index (χ0) is 15.7. The largest absolute Gasteiger partial charge is 0.494 e. The number of nitrogen functional groups attached to an aromatic ring is 1. The number of ether oxygens (including phenoxy) is 1. The fourth-order valence-corrected chi connectivity index (χ4v) is 2.67. The molecule has 0 radical (unpaired) electrons. The van der Waals surface area contributed by atoms with Gasteiger partial charge in [0.25, 0.3) is 0 Å². The van der Waals surface area contributed by atoms with Gasteiger partial charge in [-0.2, -0.15) is 0 Å². The van der Waals surface area contributed by atoms with Crippen molar-refractivity contribution in [1.82, 2.24) is 9.38 Å². The average molecular weight is 295 g/mol. The second kappa shape index (κ2) is 5.72. The predicted molar refractivity (Wildman–Crippen MR) is 90.3 cm³/mol. The van der Waals surface area contributed by atoms with E-state index in [9.17, 15) is 0 Å². The van der Waals surface area contributed by atoms with E-state index in [1.54, 1.807) is 0 Å². The molecule has 3 rings (SSSR count). The first-order chi connectivity index (χ1) is 10.6. The molecule has 2 heterocycles. The highest BCUT2D eigenvalue weighted by atomic mass is 16.5. The number of pyridine rings is 1. The summed E-state index contributed by atoms with van der Waals surface area (Å²) in [6.07, 6.45) is 1.01. The summed E-state index contributed by atoms with van der Waals surface area (Å²) >= 11 is 0. The van der Waals surface area contributed by atoms with Crippen LogP contribution >= 0.6 is 0 Å². The molecule has 0 atom stereocenters. The predicted octanol–water partition coefficient (Wildman–Crippen LogP) is 3.99. The SMILES string of the molecule is CCCOc1ccc(-c2nc3ccc(N)c(C)n3c2C)cc1. The number of imidazole rings is 1. The van der Waals surface area contributed by atoms with Crippen molar-refractivity contribution in [3.05, 3.63) is 47.8 Å². The van der Waals surface area contributed by atoms with Crippen LogP contribution in [-0.2, 0) is 0 Å². The molecule has 4 nitrogen and oxygen atoms in total. The number of aryl methyl sites for hydroxylation is 2. The molecule has 0 saturated carbocycles. The highest BCUT2D eigenvalue weighted by molar-refractivity contribution is 5.68. The Bertz CT molecular complexity index is 803. The molecule has 0 unspecified atom stereocenters. The molecule has 0 aliphatic heterocycles. The Morgan fingerprint density at radius 2 is 1.77 bits per heavy atom. The molecule has 22 heavy (non-hydrogen) atoms. The van der Waals surface area contributed by atoms with Crippen molar-refractivity contribution in [2.45, 2.75) is 27.2 Å². The molecule has 2 aromatic heterocycles. The summed E-state index contributed by atoms with van der Waals surface area (Å²) in [5.74, 6) is 0.896. The minimum Gasteiger partial charge on any atom is -0.494 e. The van der Waals surface area contributed by atoms with E-state index in [0.717, 1.165) is 52.8 Å². The summed E-state index contributed by atoms with van der Waals surface area (Å²) in [5.41, 5.74) is 11.9. The average Bonchev–Trinajstić information content (AvgIpc) is 2.87. The van der Waals surface area contributed by atoms with Crippen molar-refractivity contribution in [2.24, 2.45) is 0 Å². The Hall–Kier alpha value is -2.49. The lowest BCUT2D eigenvalue weighted by Crippen LogP contribution is -1.99. The Labute approximate surface area is 130 Å². The Balaban J connectivity index is 2.03. The highest BCUT2D eigenvalue weighted by Crippen LogP contribution is 2.27. The lowest BCUT2D eigenvalue weighted by atomic mass is 10.1. The van der Waals surface area contributed by atoms with Crippen molar-refractivity contribution in [3.63, 3.8) is 0 Å². The van der Waals surface area contributed by atoms with E-state index in [-0.39, 0.29) is 0 Å². The quantitative estimate of drug-likeness (QED) is 0.792. The Morgan fingerprint density at radius 3 is 2.45 bits per heavy atom. The normalized spacial score (nSPS) is 11.0. The number of hydrogen-bond donors (Lipinski definition) is 1. The van der Waals surface area contributed by atoms with Crippen molar-refractivity contribution < 1.29 is 4.74 Å². The number of aromatic nitrogens is 2. The zero-order valence-corrected chi connectivity index (χ0v) is 13.3. The molecule has 0 fully saturated rings. The number of nitrogens with two attached hydrogens (primary N) is 1. The smallest absolute Gasteiger partial charge is 0.138 e. The van der Waals surface area contributed by atoms with Crippen LogP contribution in [0, 0.1) is 13.8 Å². The van der Waals surface area contributed by atoms with E-state index >= 15 is 0 Å². The van der Waals surface area contributed by atoms with Crippen LogP contribution in [0.3, 0.4) is 0 Å². The molecule has 3 aromatic rings. The molecule has 114 valence electrons. The van der Waals surface area contributed by atoms with Gasteiger partial charge in [0.1, 0.15) is 11.4 Å². The number of fused-ring (bicyclic) bond motifs is 1. The van der Waals surface area contributed by atoms with Crippen LogP contribution in [0.2, 0.25) is 0 Å². The molecule has 0 amide bonds. The van der Waals surface area contributed by atoms with Crippen molar-refractivity contribution in [2.75, 3.05) is 12.3 Å². The van der Waals surface area contributed by atoms with Gasteiger partial charge in [-0.3, -0.25) is 4.40 Å². The van der Waals surface area contributed by atoms with E-state index in [1.165, 1.54) is 0 Å². The van der Waals surface area contributed by atoms with E-state index in [0.29, 0.717) is 0 Å². The fourth-order valence-electron chi connectivity index (χ4n) is 2.67. The van der Waals surface area contributed by atoms with Crippen molar-refractivity contribution in [3.8, 4) is 17.0 Å². The second-order valence-corrected chi connectivity index (χ2v) is 5.49. The first-order valence-corrected chi connectivity index (χ1v) is 7.59. The summed E-state index contributed by atoms with van der Waals surface area (Å²) in [6, 6.07) is 12.0.